The van der Waals surface area contributed by atoms with Crippen molar-refractivity contribution in [1.29, 1.82) is 0 Å². The van der Waals surface area contributed by atoms with E-state index in [2.05, 4.69) is 20.6 Å². The molecule has 0 spiro atoms. The summed E-state index contributed by atoms with van der Waals surface area (Å²) in [6, 6.07) is 14.6. The highest BCUT2D eigenvalue weighted by molar-refractivity contribution is 7.99. The van der Waals surface area contributed by atoms with Crippen LogP contribution in [0.15, 0.2) is 59.6 Å². The van der Waals surface area contributed by atoms with E-state index in [0.29, 0.717) is 34.6 Å². The largest absolute Gasteiger partial charge is 0.493 e. The molecule has 0 fully saturated rings. The summed E-state index contributed by atoms with van der Waals surface area (Å²) in [5, 5.41) is 14.7. The first-order chi connectivity index (χ1) is 14.0. The molecule has 0 bridgehead atoms. The Labute approximate surface area is 181 Å². The number of nitrogens with zero attached hydrogens (tertiary/aromatic N) is 2. The van der Waals surface area contributed by atoms with Crippen LogP contribution >= 0.6 is 35.0 Å². The van der Waals surface area contributed by atoms with Gasteiger partial charge in [-0.05, 0) is 41.9 Å². The van der Waals surface area contributed by atoms with E-state index in [1.807, 2.05) is 30.3 Å². The number of rotatable bonds is 8. The van der Waals surface area contributed by atoms with Gasteiger partial charge in [0, 0.05) is 28.1 Å². The van der Waals surface area contributed by atoms with Gasteiger partial charge in [-0.2, -0.15) is 4.98 Å². The molecule has 2 aromatic carbocycles. The lowest BCUT2D eigenvalue weighted by Crippen LogP contribution is -2.07. The Morgan fingerprint density at radius 2 is 1.93 bits per heavy atom. The summed E-state index contributed by atoms with van der Waals surface area (Å²) in [7, 11) is 0. The predicted octanol–water partition coefficient (Wildman–Crippen LogP) is 5.79. The second-order valence-electron chi connectivity index (χ2n) is 5.64. The van der Waals surface area contributed by atoms with Gasteiger partial charge in [0.05, 0.1) is 12.8 Å². The van der Waals surface area contributed by atoms with Gasteiger partial charge in [-0.1, -0.05) is 23.7 Å². The van der Waals surface area contributed by atoms with Gasteiger partial charge in [0.25, 0.3) is 0 Å². The molecule has 3 rings (SSSR count). The van der Waals surface area contributed by atoms with Gasteiger partial charge in [0.15, 0.2) is 5.82 Å². The maximum Gasteiger partial charge on any atom is 0.409 e. The molecule has 150 valence electrons. The van der Waals surface area contributed by atoms with Crippen molar-refractivity contribution >= 4 is 58.2 Å². The third-order valence-corrected chi connectivity index (χ3v) is 4.93. The summed E-state index contributed by atoms with van der Waals surface area (Å²) >= 11 is 13.4. The fraction of sp³-hybridized carbons (Fsp3) is 0.105. The Bertz CT molecular complexity index is 1010. The highest BCUT2D eigenvalue weighted by atomic mass is 35.5. The molecule has 0 aliphatic carbocycles. The zero-order valence-electron chi connectivity index (χ0n) is 14.9. The monoisotopic (exact) mass is 450 g/mol. The summed E-state index contributed by atoms with van der Waals surface area (Å²) in [4.78, 5) is 19.5. The molecular formula is C19H16Cl2N4O3S. The van der Waals surface area contributed by atoms with E-state index in [1.54, 1.807) is 30.0 Å². The number of hydrogen-bond acceptors (Lipinski definition) is 6. The molecule has 10 heteroatoms. The predicted molar refractivity (Wildman–Crippen MR) is 116 cm³/mol. The van der Waals surface area contributed by atoms with Gasteiger partial charge in [0.2, 0.25) is 5.28 Å². The Morgan fingerprint density at radius 3 is 2.76 bits per heavy atom. The molecule has 0 unspecified atom stereocenters. The summed E-state index contributed by atoms with van der Waals surface area (Å²) in [5.74, 6) is 1.80. The number of nitrogens with one attached hydrogen (secondary N) is 2. The number of thioether (sulfide) groups is 1. The van der Waals surface area contributed by atoms with Crippen molar-refractivity contribution < 1.29 is 14.6 Å². The van der Waals surface area contributed by atoms with Crippen molar-refractivity contribution in [3.8, 4) is 5.75 Å². The van der Waals surface area contributed by atoms with E-state index >= 15 is 0 Å². The summed E-state index contributed by atoms with van der Waals surface area (Å²) in [6.07, 6.45) is 0.340. The van der Waals surface area contributed by atoms with E-state index in [4.69, 9.17) is 33.0 Å². The third-order valence-electron chi connectivity index (χ3n) is 3.52. The maximum atomic E-state index is 10.7. The van der Waals surface area contributed by atoms with Crippen LogP contribution in [0.1, 0.15) is 0 Å². The molecular weight excluding hydrogens is 435 g/mol. The van der Waals surface area contributed by atoms with Crippen LogP contribution in [0.3, 0.4) is 0 Å². The molecule has 0 aliphatic rings. The summed E-state index contributed by atoms with van der Waals surface area (Å²) in [5.41, 5.74) is 1.28. The topological polar surface area (TPSA) is 96.4 Å². The SMILES string of the molecule is O=C(O)Nc1cccc(SCCOc2cccc(Nc3nc(Cl)ncc3Cl)c2)c1. The molecule has 0 saturated carbocycles. The van der Waals surface area contributed by atoms with Gasteiger partial charge >= 0.3 is 6.09 Å². The fourth-order valence-corrected chi connectivity index (χ4v) is 3.40. The number of amides is 1. The van der Waals surface area contributed by atoms with Crippen molar-refractivity contribution in [3.63, 3.8) is 0 Å². The van der Waals surface area contributed by atoms with E-state index in [0.717, 1.165) is 10.6 Å². The number of halogens is 2. The van der Waals surface area contributed by atoms with Crippen LogP contribution in [-0.4, -0.2) is 33.5 Å². The van der Waals surface area contributed by atoms with E-state index < -0.39 is 6.09 Å². The standard InChI is InChI=1S/C19H16Cl2N4O3S/c20-16-11-22-18(21)25-17(16)23-12-3-1-5-14(9-12)28-7-8-29-15-6-2-4-13(10-15)24-19(26)27/h1-6,9-11,24H,7-8H2,(H,26,27)(H,22,23,25). The molecule has 3 N–H and O–H groups in total. The maximum absolute atomic E-state index is 10.7. The lowest BCUT2D eigenvalue weighted by molar-refractivity contribution is 0.209. The van der Waals surface area contributed by atoms with Crippen LogP contribution < -0.4 is 15.4 Å². The molecule has 0 radical (unpaired) electrons. The molecule has 7 nitrogen and oxygen atoms in total. The average Bonchev–Trinajstić information content (AvgIpc) is 2.68. The lowest BCUT2D eigenvalue weighted by Gasteiger charge is -2.10. The first kappa shape index (κ1) is 21.0. The molecule has 0 saturated heterocycles. The van der Waals surface area contributed by atoms with Crippen LogP contribution in [-0.2, 0) is 0 Å². The molecule has 0 aliphatic heterocycles. The van der Waals surface area contributed by atoms with Gasteiger partial charge in [-0.15, -0.1) is 11.8 Å². The van der Waals surface area contributed by atoms with Crippen LogP contribution in [0.5, 0.6) is 5.75 Å². The van der Waals surface area contributed by atoms with E-state index in [9.17, 15) is 4.79 Å². The van der Waals surface area contributed by atoms with Crippen molar-refractivity contribution in [2.45, 2.75) is 4.90 Å². The number of carboxylic acid groups (broad SMARTS) is 1. The molecule has 1 amide bonds. The van der Waals surface area contributed by atoms with Gasteiger partial charge in [-0.25, -0.2) is 9.78 Å². The first-order valence-electron chi connectivity index (χ1n) is 8.40. The van der Waals surface area contributed by atoms with Gasteiger partial charge < -0.3 is 15.2 Å². The van der Waals surface area contributed by atoms with Crippen molar-refractivity contribution in [1.82, 2.24) is 9.97 Å². The Morgan fingerprint density at radius 1 is 1.14 bits per heavy atom. The zero-order valence-corrected chi connectivity index (χ0v) is 17.3. The normalized spacial score (nSPS) is 10.4. The minimum Gasteiger partial charge on any atom is -0.493 e. The van der Waals surface area contributed by atoms with Gasteiger partial charge in [0.1, 0.15) is 10.8 Å². The van der Waals surface area contributed by atoms with E-state index in [1.165, 1.54) is 6.20 Å². The first-order valence-corrected chi connectivity index (χ1v) is 10.1. The molecule has 0 atom stereocenters. The molecule has 3 aromatic rings. The lowest BCUT2D eigenvalue weighted by atomic mass is 10.3. The minimum absolute atomic E-state index is 0.101. The smallest absolute Gasteiger partial charge is 0.409 e. The van der Waals surface area contributed by atoms with Crippen LogP contribution in [0.25, 0.3) is 0 Å². The van der Waals surface area contributed by atoms with Crippen molar-refractivity contribution in [2.24, 2.45) is 0 Å². The molecule has 1 heterocycles. The highest BCUT2D eigenvalue weighted by Gasteiger charge is 2.06. The van der Waals surface area contributed by atoms with Crippen molar-refractivity contribution in [3.05, 3.63) is 65.0 Å². The Kier molecular flexibility index (Phi) is 7.40. The number of benzene rings is 2. The van der Waals surface area contributed by atoms with E-state index in [-0.39, 0.29) is 5.28 Å². The highest BCUT2D eigenvalue weighted by Crippen LogP contribution is 2.26. The van der Waals surface area contributed by atoms with Crippen molar-refractivity contribution in [2.75, 3.05) is 23.0 Å². The summed E-state index contributed by atoms with van der Waals surface area (Å²) in [6.45, 7) is 0.477. The summed E-state index contributed by atoms with van der Waals surface area (Å²) < 4.78 is 5.79. The van der Waals surface area contributed by atoms with Gasteiger partial charge in [-0.3, -0.25) is 5.32 Å². The number of hydrogen-bond donors (Lipinski definition) is 3. The Hall–Kier alpha value is -2.68. The van der Waals surface area contributed by atoms with Crippen LogP contribution in [0, 0.1) is 0 Å². The number of anilines is 3. The second kappa shape index (κ2) is 10.2. The zero-order chi connectivity index (χ0) is 20.6. The average molecular weight is 451 g/mol. The third kappa shape index (κ3) is 6.70. The quantitative estimate of drug-likeness (QED) is 0.227. The number of ether oxygens (including phenoxy) is 1. The molecule has 1 aromatic heterocycles. The number of carbonyl (C=O) groups is 1. The van der Waals surface area contributed by atoms with Crippen LogP contribution in [0.4, 0.5) is 22.0 Å². The fourth-order valence-electron chi connectivity index (χ4n) is 2.34. The minimum atomic E-state index is -1.09. The number of aromatic nitrogens is 2. The second-order valence-corrected chi connectivity index (χ2v) is 7.56. The Balaban J connectivity index is 1.52. The molecule has 29 heavy (non-hydrogen) atoms. The van der Waals surface area contributed by atoms with Crippen LogP contribution in [0.2, 0.25) is 10.3 Å².